The van der Waals surface area contributed by atoms with E-state index in [1.165, 1.54) is 20.2 Å². The second kappa shape index (κ2) is 7.78. The molecule has 148 valence electrons. The summed E-state index contributed by atoms with van der Waals surface area (Å²) >= 11 is 6.04. The van der Waals surface area contributed by atoms with Crippen molar-refractivity contribution in [3.63, 3.8) is 0 Å². The molecule has 0 aliphatic rings. The van der Waals surface area contributed by atoms with E-state index >= 15 is 0 Å². The first-order valence-corrected chi connectivity index (χ1v) is 10.1. The minimum Gasteiger partial charge on any atom is -0.495 e. The van der Waals surface area contributed by atoms with Gasteiger partial charge in [0.05, 0.1) is 30.4 Å². The second-order valence-corrected chi connectivity index (χ2v) is 8.68. The molecule has 0 fully saturated rings. The van der Waals surface area contributed by atoms with Gasteiger partial charge in [0.15, 0.2) is 0 Å². The van der Waals surface area contributed by atoms with Gasteiger partial charge >= 0.3 is 0 Å². The summed E-state index contributed by atoms with van der Waals surface area (Å²) in [6, 6.07) is 8.14. The molecule has 0 bridgehead atoms. The van der Waals surface area contributed by atoms with Crippen molar-refractivity contribution in [2.45, 2.75) is 11.8 Å². The van der Waals surface area contributed by atoms with Gasteiger partial charge in [-0.25, -0.2) is 8.42 Å². The average Bonchev–Trinajstić information content (AvgIpc) is 3.09. The summed E-state index contributed by atoms with van der Waals surface area (Å²) in [5.74, 6) is -0.0248. The number of nitrogens with one attached hydrogen (secondary N) is 2. The number of likely N-dealkylation sites (N-methyl/N-ethyl adjacent to an activating group) is 1. The fourth-order valence-electron chi connectivity index (χ4n) is 2.77. The van der Waals surface area contributed by atoms with Crippen LogP contribution in [0.2, 0.25) is 5.02 Å². The summed E-state index contributed by atoms with van der Waals surface area (Å²) < 4.78 is 32.0. The maximum Gasteiger partial charge on any atom is 0.245 e. The average molecular weight is 423 g/mol. The molecule has 0 aliphatic heterocycles. The molecule has 1 heterocycles. The van der Waals surface area contributed by atoms with Crippen LogP contribution in [-0.2, 0) is 14.8 Å². The van der Waals surface area contributed by atoms with E-state index in [0.29, 0.717) is 27.4 Å². The molecule has 10 heteroatoms. The summed E-state index contributed by atoms with van der Waals surface area (Å²) in [6.07, 6.45) is 1.56. The van der Waals surface area contributed by atoms with Crippen molar-refractivity contribution >= 4 is 44.1 Å². The number of aromatic amines is 1. The maximum absolute atomic E-state index is 13.0. The molecule has 0 aliphatic carbocycles. The first kappa shape index (κ1) is 20.1. The topological polar surface area (TPSA) is 104 Å². The Morgan fingerprint density at radius 2 is 2.07 bits per heavy atom. The Balaban J connectivity index is 1.79. The van der Waals surface area contributed by atoms with E-state index in [9.17, 15) is 13.2 Å². The highest BCUT2D eigenvalue weighted by molar-refractivity contribution is 7.89. The molecule has 3 rings (SSSR count). The number of carbonyl (C=O) groups excluding carboxylic acids is 1. The lowest BCUT2D eigenvalue weighted by molar-refractivity contribution is -0.116. The number of carbonyl (C=O) groups is 1. The number of hydrogen-bond acceptors (Lipinski definition) is 5. The fourth-order valence-corrected chi connectivity index (χ4v) is 4.41. The number of ether oxygens (including phenoxy) is 1. The molecule has 1 aromatic heterocycles. The molecule has 0 radical (unpaired) electrons. The second-order valence-electron chi connectivity index (χ2n) is 6.26. The molecule has 0 saturated carbocycles. The largest absolute Gasteiger partial charge is 0.495 e. The zero-order valence-corrected chi connectivity index (χ0v) is 17.1. The molecule has 2 N–H and O–H groups in total. The van der Waals surface area contributed by atoms with Crippen molar-refractivity contribution < 1.29 is 17.9 Å². The van der Waals surface area contributed by atoms with E-state index in [4.69, 9.17) is 16.3 Å². The number of amides is 1. The Kier molecular flexibility index (Phi) is 5.59. The van der Waals surface area contributed by atoms with Gasteiger partial charge in [-0.1, -0.05) is 11.6 Å². The first-order valence-electron chi connectivity index (χ1n) is 8.26. The van der Waals surface area contributed by atoms with E-state index in [1.54, 1.807) is 31.3 Å². The molecule has 8 nitrogen and oxygen atoms in total. The normalized spacial score (nSPS) is 11.8. The van der Waals surface area contributed by atoms with Gasteiger partial charge in [-0.15, -0.1) is 0 Å². The smallest absolute Gasteiger partial charge is 0.245 e. The zero-order valence-electron chi connectivity index (χ0n) is 15.5. The molecule has 0 atom stereocenters. The monoisotopic (exact) mass is 422 g/mol. The molecular weight excluding hydrogens is 404 g/mol. The lowest BCUT2D eigenvalue weighted by atomic mass is 10.2. The third-order valence-corrected chi connectivity index (χ3v) is 6.27. The lowest BCUT2D eigenvalue weighted by Gasteiger charge is -2.18. The van der Waals surface area contributed by atoms with Crippen LogP contribution in [0.5, 0.6) is 5.75 Å². The number of anilines is 1. The Morgan fingerprint density at radius 1 is 1.32 bits per heavy atom. The predicted molar refractivity (Wildman–Crippen MR) is 107 cm³/mol. The van der Waals surface area contributed by atoms with Gasteiger partial charge in [-0.2, -0.15) is 9.40 Å². The Hall–Kier alpha value is -2.62. The molecule has 2 aromatic carbocycles. The Bertz CT molecular complexity index is 1140. The van der Waals surface area contributed by atoms with Crippen molar-refractivity contribution in [2.24, 2.45) is 0 Å². The molecule has 0 saturated heterocycles. The number of sulfonamides is 1. The number of hydrogen-bond donors (Lipinski definition) is 2. The van der Waals surface area contributed by atoms with Crippen LogP contribution in [0.4, 0.5) is 5.69 Å². The van der Waals surface area contributed by atoms with Gasteiger partial charge in [0.25, 0.3) is 0 Å². The van der Waals surface area contributed by atoms with Gasteiger partial charge < -0.3 is 10.1 Å². The van der Waals surface area contributed by atoms with Gasteiger partial charge in [0.2, 0.25) is 15.9 Å². The van der Waals surface area contributed by atoms with Gasteiger partial charge in [0.1, 0.15) is 10.6 Å². The van der Waals surface area contributed by atoms with E-state index in [0.717, 1.165) is 9.87 Å². The van der Waals surface area contributed by atoms with Crippen molar-refractivity contribution in [3.8, 4) is 5.75 Å². The van der Waals surface area contributed by atoms with Crippen LogP contribution in [0.15, 0.2) is 41.4 Å². The van der Waals surface area contributed by atoms with Crippen LogP contribution in [0.1, 0.15) is 5.56 Å². The highest BCUT2D eigenvalue weighted by Crippen LogP contribution is 2.28. The molecule has 0 spiro atoms. The standard InChI is InChI=1S/C18H19ClN4O4S/c1-11-6-12-9-20-22-18(12)16(7-11)28(25,26)23(2)10-17(24)21-13-4-5-15(27-3)14(19)8-13/h4-9H,10H2,1-3H3,(H,20,22)(H,21,24). The summed E-state index contributed by atoms with van der Waals surface area (Å²) in [6.45, 7) is 1.43. The third-order valence-electron chi connectivity index (χ3n) is 4.15. The van der Waals surface area contributed by atoms with Crippen LogP contribution in [0.3, 0.4) is 0 Å². The number of aryl methyl sites for hydroxylation is 1. The number of fused-ring (bicyclic) bond motifs is 1. The minimum absolute atomic E-state index is 0.0720. The quantitative estimate of drug-likeness (QED) is 0.635. The molecule has 0 unspecified atom stereocenters. The zero-order chi connectivity index (χ0) is 20.5. The van der Waals surface area contributed by atoms with Crippen LogP contribution in [0.25, 0.3) is 10.9 Å². The summed E-state index contributed by atoms with van der Waals surface area (Å²) in [5, 5.41) is 10.3. The SMILES string of the molecule is COc1ccc(NC(=O)CN(C)S(=O)(=O)c2cc(C)cc3cn[nH]c23)cc1Cl. The maximum atomic E-state index is 13.0. The summed E-state index contributed by atoms with van der Waals surface area (Å²) in [4.78, 5) is 12.4. The van der Waals surface area contributed by atoms with E-state index in [1.807, 2.05) is 6.07 Å². The number of methoxy groups -OCH3 is 1. The Morgan fingerprint density at radius 3 is 2.75 bits per heavy atom. The summed E-state index contributed by atoms with van der Waals surface area (Å²) in [7, 11) is -1.07. The fraction of sp³-hybridized carbons (Fsp3) is 0.222. The van der Waals surface area contributed by atoms with E-state index in [-0.39, 0.29) is 11.4 Å². The lowest BCUT2D eigenvalue weighted by Crippen LogP contribution is -2.35. The minimum atomic E-state index is -3.91. The van der Waals surface area contributed by atoms with Crippen molar-refractivity contribution in [3.05, 3.63) is 47.1 Å². The molecular formula is C18H19ClN4O4S. The van der Waals surface area contributed by atoms with Crippen molar-refractivity contribution in [1.82, 2.24) is 14.5 Å². The van der Waals surface area contributed by atoms with Crippen molar-refractivity contribution in [1.29, 1.82) is 0 Å². The van der Waals surface area contributed by atoms with Gasteiger partial charge in [-0.05, 0) is 42.8 Å². The number of nitrogens with zero attached hydrogens (tertiary/aromatic N) is 2. The van der Waals surface area contributed by atoms with E-state index < -0.39 is 15.9 Å². The van der Waals surface area contributed by atoms with Crippen LogP contribution >= 0.6 is 11.6 Å². The number of halogens is 1. The van der Waals surface area contributed by atoms with Crippen molar-refractivity contribution in [2.75, 3.05) is 26.0 Å². The number of H-pyrrole nitrogens is 1. The third kappa shape index (κ3) is 3.96. The molecule has 1 amide bonds. The highest BCUT2D eigenvalue weighted by Gasteiger charge is 2.26. The molecule has 3 aromatic rings. The summed E-state index contributed by atoms with van der Waals surface area (Å²) in [5.41, 5.74) is 1.62. The number of benzene rings is 2. The van der Waals surface area contributed by atoms with Crippen LogP contribution < -0.4 is 10.1 Å². The van der Waals surface area contributed by atoms with Crippen LogP contribution in [0, 0.1) is 6.92 Å². The Labute approximate surface area is 167 Å². The van der Waals surface area contributed by atoms with E-state index in [2.05, 4.69) is 15.5 Å². The van der Waals surface area contributed by atoms with Crippen LogP contribution in [-0.4, -0.2) is 49.5 Å². The number of rotatable bonds is 6. The van der Waals surface area contributed by atoms with Gasteiger partial charge in [-0.3, -0.25) is 9.89 Å². The first-order chi connectivity index (χ1) is 13.2. The molecule has 28 heavy (non-hydrogen) atoms. The van der Waals surface area contributed by atoms with Gasteiger partial charge in [0, 0.05) is 18.1 Å². The predicted octanol–water partition coefficient (Wildman–Crippen LogP) is 2.79. The highest BCUT2D eigenvalue weighted by atomic mass is 35.5. The number of aromatic nitrogens is 2.